The molecule has 0 amide bonds. The Morgan fingerprint density at radius 3 is 1.04 bits per heavy atom. The smallest absolute Gasteiger partial charge is 0.0465 e. The molecule has 52 heavy (non-hydrogen) atoms. The summed E-state index contributed by atoms with van der Waals surface area (Å²) in [6, 6.07) is 50.2. The molecule has 0 bridgehead atoms. The molecular weight excluding hydrogens is 629 g/mol. The molecule has 0 aromatic heterocycles. The number of rotatable bonds is 13. The Bertz CT molecular complexity index is 1870. The Morgan fingerprint density at radius 2 is 0.692 bits per heavy atom. The average Bonchev–Trinajstić information content (AvgIpc) is 3.40. The third-order valence-corrected chi connectivity index (χ3v) is 11.2. The molecule has 1 aliphatic rings. The van der Waals surface area contributed by atoms with Crippen molar-refractivity contribution in [2.45, 2.75) is 91.9 Å². The summed E-state index contributed by atoms with van der Waals surface area (Å²) in [6.07, 6.45) is 8.87. The average molecular weight is 683 g/mol. The van der Waals surface area contributed by atoms with Crippen LogP contribution in [0.4, 0.5) is 34.1 Å². The van der Waals surface area contributed by atoms with Crippen molar-refractivity contribution >= 4 is 34.1 Å². The SMILES string of the molecule is CCCCCCCCC1(C)c2cc(N(c3ccc(C)cc3)c3ccc(C)cc3)ccc2-c2ccc(N(c3ccc(C)cc3)c3ccc(C)cc3)cc21. The molecule has 0 saturated heterocycles. The van der Waals surface area contributed by atoms with Crippen molar-refractivity contribution in [1.82, 2.24) is 0 Å². The van der Waals surface area contributed by atoms with Crippen LogP contribution in [0.15, 0.2) is 133 Å². The standard InChI is InChI=1S/C50H54N2/c1-7-8-9-10-11-12-33-50(6)48-34-44(51(40-21-13-36(2)14-22-40)41-23-15-37(3)16-24-41)29-31-46(48)47-32-30-45(35-49(47)50)52(42-25-17-38(4)18-26-42)43-27-19-39(5)20-28-43/h13-32,34-35H,7-12,33H2,1-6H3. The Hall–Kier alpha value is -5.08. The Balaban J connectivity index is 1.35. The van der Waals surface area contributed by atoms with E-state index in [1.807, 2.05) is 0 Å². The second-order valence-electron chi connectivity index (χ2n) is 15.3. The van der Waals surface area contributed by atoms with Crippen LogP contribution in [0.5, 0.6) is 0 Å². The molecule has 0 unspecified atom stereocenters. The number of unbranched alkanes of at least 4 members (excludes halogenated alkanes) is 5. The van der Waals surface area contributed by atoms with E-state index in [0.29, 0.717) is 0 Å². The van der Waals surface area contributed by atoms with Crippen LogP contribution in [-0.2, 0) is 5.41 Å². The largest absolute Gasteiger partial charge is 0.310 e. The molecule has 2 nitrogen and oxygen atoms in total. The first-order valence-electron chi connectivity index (χ1n) is 19.4. The Kier molecular flexibility index (Phi) is 10.4. The van der Waals surface area contributed by atoms with Crippen molar-refractivity contribution in [2.75, 3.05) is 9.80 Å². The van der Waals surface area contributed by atoms with Crippen LogP contribution in [-0.4, -0.2) is 0 Å². The van der Waals surface area contributed by atoms with Crippen molar-refractivity contribution in [2.24, 2.45) is 0 Å². The minimum absolute atomic E-state index is 0.125. The van der Waals surface area contributed by atoms with E-state index >= 15 is 0 Å². The summed E-state index contributed by atoms with van der Waals surface area (Å²) >= 11 is 0. The molecule has 1 aliphatic carbocycles. The Morgan fingerprint density at radius 1 is 0.385 bits per heavy atom. The minimum atomic E-state index is -0.125. The van der Waals surface area contributed by atoms with Gasteiger partial charge in [-0.2, -0.15) is 0 Å². The van der Waals surface area contributed by atoms with Crippen LogP contribution in [0, 0.1) is 27.7 Å². The normalized spacial score (nSPS) is 12.7. The van der Waals surface area contributed by atoms with Gasteiger partial charge in [0.15, 0.2) is 0 Å². The summed E-state index contributed by atoms with van der Waals surface area (Å²) in [5.74, 6) is 0. The van der Waals surface area contributed by atoms with E-state index < -0.39 is 0 Å². The molecule has 264 valence electrons. The highest BCUT2D eigenvalue weighted by molar-refractivity contribution is 5.88. The number of hydrogen-bond acceptors (Lipinski definition) is 2. The van der Waals surface area contributed by atoms with Gasteiger partial charge in [0.2, 0.25) is 0 Å². The fraction of sp³-hybridized carbons (Fsp3) is 0.280. The maximum Gasteiger partial charge on any atom is 0.0465 e. The van der Waals surface area contributed by atoms with Crippen molar-refractivity contribution in [3.05, 3.63) is 167 Å². The van der Waals surface area contributed by atoms with Gasteiger partial charge in [0, 0.05) is 39.5 Å². The maximum absolute atomic E-state index is 2.52. The van der Waals surface area contributed by atoms with Crippen LogP contribution in [0.2, 0.25) is 0 Å². The van der Waals surface area contributed by atoms with Gasteiger partial charge >= 0.3 is 0 Å². The molecule has 0 radical (unpaired) electrons. The lowest BCUT2D eigenvalue weighted by Gasteiger charge is -2.32. The van der Waals surface area contributed by atoms with E-state index in [1.54, 1.807) is 0 Å². The fourth-order valence-electron chi connectivity index (χ4n) is 8.07. The van der Waals surface area contributed by atoms with Gasteiger partial charge in [-0.05, 0) is 129 Å². The number of benzene rings is 6. The van der Waals surface area contributed by atoms with Crippen LogP contribution in [0.1, 0.15) is 92.2 Å². The van der Waals surface area contributed by atoms with Gasteiger partial charge in [-0.25, -0.2) is 0 Å². The van der Waals surface area contributed by atoms with Gasteiger partial charge in [0.05, 0.1) is 0 Å². The molecule has 0 saturated carbocycles. The highest BCUT2D eigenvalue weighted by Gasteiger charge is 2.40. The van der Waals surface area contributed by atoms with Gasteiger partial charge in [0.25, 0.3) is 0 Å². The molecule has 0 heterocycles. The lowest BCUT2D eigenvalue weighted by atomic mass is 9.75. The minimum Gasteiger partial charge on any atom is -0.310 e. The third kappa shape index (κ3) is 7.17. The molecule has 6 aromatic rings. The summed E-state index contributed by atoms with van der Waals surface area (Å²) < 4.78 is 0. The summed E-state index contributed by atoms with van der Waals surface area (Å²) in [5, 5.41) is 0. The van der Waals surface area contributed by atoms with E-state index in [1.165, 1.54) is 117 Å². The third-order valence-electron chi connectivity index (χ3n) is 11.2. The second kappa shape index (κ2) is 15.3. The summed E-state index contributed by atoms with van der Waals surface area (Å²) in [5.41, 5.74) is 17.7. The van der Waals surface area contributed by atoms with E-state index in [4.69, 9.17) is 0 Å². The molecule has 0 spiro atoms. The number of aryl methyl sites for hydroxylation is 4. The van der Waals surface area contributed by atoms with Crippen LogP contribution >= 0.6 is 0 Å². The predicted molar refractivity (Wildman–Crippen MR) is 225 cm³/mol. The summed E-state index contributed by atoms with van der Waals surface area (Å²) in [6.45, 7) is 13.5. The van der Waals surface area contributed by atoms with Crippen molar-refractivity contribution in [3.8, 4) is 11.1 Å². The van der Waals surface area contributed by atoms with Crippen LogP contribution in [0.25, 0.3) is 11.1 Å². The first-order valence-corrected chi connectivity index (χ1v) is 19.4. The number of anilines is 6. The lowest BCUT2D eigenvalue weighted by Crippen LogP contribution is -2.22. The van der Waals surface area contributed by atoms with Crippen LogP contribution in [0.3, 0.4) is 0 Å². The van der Waals surface area contributed by atoms with Crippen molar-refractivity contribution in [3.63, 3.8) is 0 Å². The quantitative estimate of drug-likeness (QED) is 0.112. The predicted octanol–water partition coefficient (Wildman–Crippen LogP) is 14.9. The van der Waals surface area contributed by atoms with E-state index in [-0.39, 0.29) is 5.41 Å². The first kappa shape index (κ1) is 35.3. The lowest BCUT2D eigenvalue weighted by molar-refractivity contribution is 0.481. The highest BCUT2D eigenvalue weighted by atomic mass is 15.1. The number of hydrogen-bond donors (Lipinski definition) is 0. The zero-order chi connectivity index (χ0) is 36.2. The van der Waals surface area contributed by atoms with E-state index in [2.05, 4.69) is 185 Å². The monoisotopic (exact) mass is 682 g/mol. The van der Waals surface area contributed by atoms with Crippen molar-refractivity contribution in [1.29, 1.82) is 0 Å². The van der Waals surface area contributed by atoms with Gasteiger partial charge < -0.3 is 9.80 Å². The van der Waals surface area contributed by atoms with Crippen LogP contribution < -0.4 is 9.80 Å². The summed E-state index contributed by atoms with van der Waals surface area (Å²) in [4.78, 5) is 4.85. The highest BCUT2D eigenvalue weighted by Crippen LogP contribution is 2.54. The number of nitrogens with zero attached hydrogens (tertiary/aromatic N) is 2. The molecule has 2 heteroatoms. The molecule has 0 aliphatic heterocycles. The topological polar surface area (TPSA) is 6.48 Å². The maximum atomic E-state index is 2.52. The van der Waals surface area contributed by atoms with Crippen molar-refractivity contribution < 1.29 is 0 Å². The molecule has 0 atom stereocenters. The molecule has 7 rings (SSSR count). The Labute approximate surface area is 312 Å². The molecular formula is C50H54N2. The fourth-order valence-corrected chi connectivity index (χ4v) is 8.07. The zero-order valence-electron chi connectivity index (χ0n) is 32.0. The summed E-state index contributed by atoms with van der Waals surface area (Å²) in [7, 11) is 0. The van der Waals surface area contributed by atoms with Gasteiger partial charge in [-0.15, -0.1) is 0 Å². The molecule has 6 aromatic carbocycles. The first-order chi connectivity index (χ1) is 25.2. The number of fused-ring (bicyclic) bond motifs is 3. The second-order valence-corrected chi connectivity index (χ2v) is 15.3. The molecule has 0 fully saturated rings. The van der Waals surface area contributed by atoms with E-state index in [9.17, 15) is 0 Å². The zero-order valence-corrected chi connectivity index (χ0v) is 32.0. The van der Waals surface area contributed by atoms with Gasteiger partial charge in [0.1, 0.15) is 0 Å². The van der Waals surface area contributed by atoms with Gasteiger partial charge in [-0.3, -0.25) is 0 Å². The van der Waals surface area contributed by atoms with Gasteiger partial charge in [-0.1, -0.05) is 135 Å². The molecule has 0 N–H and O–H groups in total. The van der Waals surface area contributed by atoms with E-state index in [0.717, 1.165) is 6.42 Å².